The lowest BCUT2D eigenvalue weighted by molar-refractivity contribution is 0.473. The van der Waals surface area contributed by atoms with Crippen molar-refractivity contribution in [2.75, 3.05) is 6.54 Å². The Morgan fingerprint density at radius 2 is 1.80 bits per heavy atom. The average Bonchev–Trinajstić information content (AvgIpc) is 2.44. The number of benzene rings is 2. The lowest BCUT2D eigenvalue weighted by Crippen LogP contribution is -2.04. The first-order valence-electron chi connectivity index (χ1n) is 6.98. The van der Waals surface area contributed by atoms with Crippen LogP contribution in [0.2, 0.25) is 0 Å². The molecule has 3 heteroatoms. The van der Waals surface area contributed by atoms with Gasteiger partial charge in [-0.25, -0.2) is 4.39 Å². The van der Waals surface area contributed by atoms with Crippen molar-refractivity contribution in [3.8, 4) is 11.5 Å². The van der Waals surface area contributed by atoms with Crippen molar-refractivity contribution in [1.29, 1.82) is 0 Å². The number of aryl methyl sites for hydroxylation is 1. The highest BCUT2D eigenvalue weighted by atomic mass is 19.1. The first-order chi connectivity index (χ1) is 9.72. The molecule has 2 aromatic carbocycles. The molecule has 0 saturated carbocycles. The van der Waals surface area contributed by atoms with Crippen molar-refractivity contribution in [3.63, 3.8) is 0 Å². The molecule has 106 valence electrons. The third-order valence-corrected chi connectivity index (χ3v) is 3.13. The predicted octanol–water partition coefficient (Wildman–Crippen LogP) is 4.07. The van der Waals surface area contributed by atoms with Gasteiger partial charge in [-0.15, -0.1) is 0 Å². The van der Waals surface area contributed by atoms with Crippen molar-refractivity contribution in [2.45, 2.75) is 26.2 Å². The van der Waals surface area contributed by atoms with Gasteiger partial charge in [-0.05, 0) is 60.8 Å². The molecule has 0 fully saturated rings. The van der Waals surface area contributed by atoms with Gasteiger partial charge in [0.15, 0.2) is 0 Å². The molecule has 0 aliphatic heterocycles. The summed E-state index contributed by atoms with van der Waals surface area (Å²) in [7, 11) is 0. The topological polar surface area (TPSA) is 35.2 Å². The number of halogens is 1. The van der Waals surface area contributed by atoms with E-state index in [0.717, 1.165) is 24.2 Å². The van der Waals surface area contributed by atoms with Crippen LogP contribution >= 0.6 is 0 Å². The van der Waals surface area contributed by atoms with Crippen LogP contribution in [-0.4, -0.2) is 6.54 Å². The Kier molecular flexibility index (Phi) is 5.13. The van der Waals surface area contributed by atoms with Crippen molar-refractivity contribution in [2.24, 2.45) is 5.73 Å². The van der Waals surface area contributed by atoms with E-state index in [1.54, 1.807) is 6.07 Å². The van der Waals surface area contributed by atoms with Gasteiger partial charge in [0.05, 0.1) is 0 Å². The van der Waals surface area contributed by atoms with E-state index >= 15 is 0 Å². The highest BCUT2D eigenvalue weighted by Gasteiger charge is 2.06. The van der Waals surface area contributed by atoms with Gasteiger partial charge in [0.25, 0.3) is 0 Å². The second-order valence-corrected chi connectivity index (χ2v) is 4.79. The molecule has 2 rings (SSSR count). The summed E-state index contributed by atoms with van der Waals surface area (Å²) >= 11 is 0. The molecule has 0 unspecified atom stereocenters. The number of nitrogens with two attached hydrogens (primary N) is 1. The monoisotopic (exact) mass is 273 g/mol. The average molecular weight is 273 g/mol. The van der Waals surface area contributed by atoms with Gasteiger partial charge in [-0.3, -0.25) is 0 Å². The van der Waals surface area contributed by atoms with Crippen LogP contribution in [0.1, 0.15) is 24.5 Å². The summed E-state index contributed by atoms with van der Waals surface area (Å²) in [5.41, 5.74) is 7.64. The third-order valence-electron chi connectivity index (χ3n) is 3.13. The molecular weight excluding hydrogens is 253 g/mol. The number of hydrogen-bond donors (Lipinski definition) is 1. The van der Waals surface area contributed by atoms with E-state index in [4.69, 9.17) is 10.5 Å². The molecular formula is C17H20FNO. The van der Waals surface area contributed by atoms with Crippen LogP contribution in [0.4, 0.5) is 4.39 Å². The molecule has 0 spiro atoms. The van der Waals surface area contributed by atoms with Crippen molar-refractivity contribution >= 4 is 0 Å². The molecule has 2 N–H and O–H groups in total. The fourth-order valence-electron chi connectivity index (χ4n) is 2.14. The van der Waals surface area contributed by atoms with E-state index in [1.165, 1.54) is 17.7 Å². The molecule has 0 aromatic heterocycles. The van der Waals surface area contributed by atoms with Crippen LogP contribution in [0, 0.1) is 5.82 Å². The Balaban J connectivity index is 2.16. The third kappa shape index (κ3) is 3.81. The van der Waals surface area contributed by atoms with E-state index in [2.05, 4.69) is 19.1 Å². The van der Waals surface area contributed by atoms with Crippen molar-refractivity contribution in [1.82, 2.24) is 0 Å². The maximum Gasteiger partial charge on any atom is 0.130 e. The van der Waals surface area contributed by atoms with Gasteiger partial charge in [-0.1, -0.05) is 25.5 Å². The summed E-state index contributed by atoms with van der Waals surface area (Å²) in [6.07, 6.45) is 2.79. The van der Waals surface area contributed by atoms with Crippen LogP contribution in [-0.2, 0) is 12.8 Å². The van der Waals surface area contributed by atoms with Crippen LogP contribution in [0.25, 0.3) is 0 Å². The minimum absolute atomic E-state index is 0.265. The lowest BCUT2D eigenvalue weighted by Gasteiger charge is -2.11. The van der Waals surface area contributed by atoms with Crippen molar-refractivity contribution in [3.05, 3.63) is 59.4 Å². The molecule has 0 heterocycles. The molecule has 2 nitrogen and oxygen atoms in total. The first-order valence-corrected chi connectivity index (χ1v) is 6.98. The predicted molar refractivity (Wildman–Crippen MR) is 79.7 cm³/mol. The number of rotatable bonds is 6. The molecule has 0 radical (unpaired) electrons. The summed E-state index contributed by atoms with van der Waals surface area (Å²) in [6.45, 7) is 2.62. The van der Waals surface area contributed by atoms with E-state index in [-0.39, 0.29) is 5.82 Å². The van der Waals surface area contributed by atoms with Gasteiger partial charge in [0.2, 0.25) is 0 Å². The molecule has 0 bridgehead atoms. The van der Waals surface area contributed by atoms with Gasteiger partial charge < -0.3 is 10.5 Å². The highest BCUT2D eigenvalue weighted by Crippen LogP contribution is 2.26. The highest BCUT2D eigenvalue weighted by molar-refractivity contribution is 5.39. The summed E-state index contributed by atoms with van der Waals surface area (Å²) in [4.78, 5) is 0. The Hall–Kier alpha value is -1.87. The molecule has 20 heavy (non-hydrogen) atoms. The quantitative estimate of drug-likeness (QED) is 0.861. The lowest BCUT2D eigenvalue weighted by atomic mass is 10.1. The fraction of sp³-hybridized carbons (Fsp3) is 0.294. The first kappa shape index (κ1) is 14.5. The maximum atomic E-state index is 13.3. The van der Waals surface area contributed by atoms with Crippen LogP contribution in [0.5, 0.6) is 11.5 Å². The van der Waals surface area contributed by atoms with E-state index in [1.807, 2.05) is 12.1 Å². The molecule has 0 amide bonds. The van der Waals surface area contributed by atoms with E-state index in [0.29, 0.717) is 18.7 Å². The van der Waals surface area contributed by atoms with Crippen LogP contribution < -0.4 is 10.5 Å². The Labute approximate surface area is 119 Å². The van der Waals surface area contributed by atoms with Crippen LogP contribution in [0.3, 0.4) is 0 Å². The van der Waals surface area contributed by atoms with E-state index in [9.17, 15) is 4.39 Å². The molecule has 0 saturated heterocycles. The molecule has 0 atom stereocenters. The van der Waals surface area contributed by atoms with Gasteiger partial charge >= 0.3 is 0 Å². The van der Waals surface area contributed by atoms with Gasteiger partial charge in [0.1, 0.15) is 17.3 Å². The SMILES string of the molecule is CCCc1ccc(Oc2ccc(F)cc2CCN)cc1. The maximum absolute atomic E-state index is 13.3. The van der Waals surface area contributed by atoms with E-state index < -0.39 is 0 Å². The summed E-state index contributed by atoms with van der Waals surface area (Å²) < 4.78 is 19.1. The zero-order valence-electron chi connectivity index (χ0n) is 11.7. The zero-order chi connectivity index (χ0) is 14.4. The van der Waals surface area contributed by atoms with Gasteiger partial charge in [0, 0.05) is 0 Å². The Bertz CT molecular complexity index is 551. The Morgan fingerprint density at radius 3 is 2.45 bits per heavy atom. The van der Waals surface area contributed by atoms with Gasteiger partial charge in [-0.2, -0.15) is 0 Å². The Morgan fingerprint density at radius 1 is 1.05 bits per heavy atom. The summed E-state index contributed by atoms with van der Waals surface area (Å²) in [5, 5.41) is 0. The second-order valence-electron chi connectivity index (χ2n) is 4.79. The standard InChI is InChI=1S/C17H20FNO/c1-2-3-13-4-7-16(8-5-13)20-17-9-6-15(18)12-14(17)10-11-19/h4-9,12H,2-3,10-11,19H2,1H3. The zero-order valence-corrected chi connectivity index (χ0v) is 11.7. The molecule has 0 aliphatic rings. The normalized spacial score (nSPS) is 10.6. The number of hydrogen-bond acceptors (Lipinski definition) is 2. The van der Waals surface area contributed by atoms with Crippen LogP contribution in [0.15, 0.2) is 42.5 Å². The summed E-state index contributed by atoms with van der Waals surface area (Å²) in [6, 6.07) is 12.5. The smallest absolute Gasteiger partial charge is 0.130 e. The van der Waals surface area contributed by atoms with Crippen molar-refractivity contribution < 1.29 is 9.13 Å². The molecule has 2 aromatic rings. The largest absolute Gasteiger partial charge is 0.457 e. The minimum atomic E-state index is -0.265. The molecule has 0 aliphatic carbocycles. The number of ether oxygens (including phenoxy) is 1. The summed E-state index contributed by atoms with van der Waals surface area (Å²) in [5.74, 6) is 1.16. The second kappa shape index (κ2) is 7.06. The fourth-order valence-corrected chi connectivity index (χ4v) is 2.14. The minimum Gasteiger partial charge on any atom is -0.457 e.